The Morgan fingerprint density at radius 3 is 2.20 bits per heavy atom. The SMILES string of the molecule is CC[C@H]1OC(=O)[C@H](C)[C@@H](OC2C[C@@](C)(OC)C[C@H](C)O2)[C@H](C)[C@@H](OC2O[C@H](C)C[C@H](N(C)CC)[C@H]2O)[C@@]2(C)CC(C)=C(O2)C(C)[C@@H](O)[C@H]1C. The molecular weight excluding hydrogens is 630 g/mol. The van der Waals surface area contributed by atoms with E-state index >= 15 is 0 Å². The van der Waals surface area contributed by atoms with Crippen molar-refractivity contribution in [2.75, 3.05) is 20.7 Å². The standard InChI is InChI=1S/C38H67NO10/c1-14-28-23(6)30(40)24(7)32-20(3)17-38(11,49-32)34(48-36-31(41)27(39(12)15-2)16-21(4)45-36)25(8)33(26(9)35(42)46-28)47-29-19-37(10,43-13)18-22(5)44-29/h21-31,33-34,36,40-41H,14-19H2,1-13H3/t21-,22+,23+,24?,25+,26-,27+,28-,29?,30+,31-,33+,34-,36?,37+,38-/m1/s1. The number of fused-ring (bicyclic) bond motifs is 2. The van der Waals surface area contributed by atoms with E-state index in [0.717, 1.165) is 17.9 Å². The van der Waals surface area contributed by atoms with Crippen molar-refractivity contribution in [3.8, 4) is 0 Å². The minimum absolute atomic E-state index is 0.124. The van der Waals surface area contributed by atoms with Crippen LogP contribution < -0.4 is 0 Å². The highest BCUT2D eigenvalue weighted by Crippen LogP contribution is 2.47. The maximum absolute atomic E-state index is 14.1. The largest absolute Gasteiger partial charge is 0.489 e. The number of esters is 1. The van der Waals surface area contributed by atoms with Gasteiger partial charge in [-0.15, -0.1) is 0 Å². The van der Waals surface area contributed by atoms with Crippen molar-refractivity contribution < 1.29 is 48.2 Å². The van der Waals surface area contributed by atoms with Crippen LogP contribution in [0.25, 0.3) is 0 Å². The number of aliphatic hydroxyl groups excluding tert-OH is 2. The summed E-state index contributed by atoms with van der Waals surface area (Å²) < 4.78 is 45.6. The van der Waals surface area contributed by atoms with Crippen LogP contribution in [0.1, 0.15) is 108 Å². The second-order valence-corrected chi connectivity index (χ2v) is 16.2. The molecule has 4 heterocycles. The number of hydrogen-bond donors (Lipinski definition) is 2. The zero-order valence-electron chi connectivity index (χ0n) is 32.4. The van der Waals surface area contributed by atoms with Crippen LogP contribution >= 0.6 is 0 Å². The van der Waals surface area contributed by atoms with Gasteiger partial charge in [0.05, 0.1) is 35.9 Å². The van der Waals surface area contributed by atoms with E-state index in [0.29, 0.717) is 32.1 Å². The van der Waals surface area contributed by atoms with Gasteiger partial charge in [0.25, 0.3) is 0 Å². The molecule has 11 heteroatoms. The molecule has 2 bridgehead atoms. The van der Waals surface area contributed by atoms with Crippen molar-refractivity contribution in [2.45, 2.75) is 181 Å². The number of methoxy groups -OCH3 is 1. The number of carbonyl (C=O) groups excluding carboxylic acids is 1. The maximum atomic E-state index is 14.1. The number of hydrogen-bond acceptors (Lipinski definition) is 11. The molecule has 0 amide bonds. The maximum Gasteiger partial charge on any atom is 0.311 e. The molecule has 0 spiro atoms. The van der Waals surface area contributed by atoms with E-state index in [9.17, 15) is 15.0 Å². The first kappa shape index (κ1) is 40.5. The van der Waals surface area contributed by atoms with E-state index in [1.54, 1.807) is 7.11 Å². The number of aliphatic hydroxyl groups is 2. The van der Waals surface area contributed by atoms with E-state index in [1.165, 1.54) is 0 Å². The molecule has 16 atom stereocenters. The third kappa shape index (κ3) is 8.67. The van der Waals surface area contributed by atoms with Crippen LogP contribution in [0, 0.1) is 23.7 Å². The van der Waals surface area contributed by atoms with Gasteiger partial charge in [0, 0.05) is 50.2 Å². The lowest BCUT2D eigenvalue weighted by molar-refractivity contribution is -0.309. The fourth-order valence-electron chi connectivity index (χ4n) is 8.88. The fraction of sp³-hybridized carbons (Fsp3) is 0.921. The predicted octanol–water partition coefficient (Wildman–Crippen LogP) is 5.20. The zero-order chi connectivity index (χ0) is 36.6. The third-order valence-electron chi connectivity index (χ3n) is 12.0. The Balaban J connectivity index is 1.81. The third-order valence-corrected chi connectivity index (χ3v) is 12.0. The molecule has 4 aliphatic rings. The highest BCUT2D eigenvalue weighted by Gasteiger charge is 2.54. The number of likely N-dealkylation sites (N-methyl/N-ethyl adjacent to an activating group) is 1. The molecular formula is C38H67NO10. The summed E-state index contributed by atoms with van der Waals surface area (Å²) >= 11 is 0. The van der Waals surface area contributed by atoms with Crippen molar-refractivity contribution in [1.82, 2.24) is 4.90 Å². The smallest absolute Gasteiger partial charge is 0.311 e. The Labute approximate surface area is 295 Å². The van der Waals surface area contributed by atoms with Crippen molar-refractivity contribution in [2.24, 2.45) is 23.7 Å². The van der Waals surface area contributed by atoms with E-state index in [-0.39, 0.29) is 30.1 Å². The monoisotopic (exact) mass is 697 g/mol. The zero-order valence-corrected chi connectivity index (χ0v) is 32.4. The molecule has 4 rings (SSSR count). The van der Waals surface area contributed by atoms with Gasteiger partial charge >= 0.3 is 5.97 Å². The molecule has 3 saturated heterocycles. The Bertz CT molecular complexity index is 1150. The van der Waals surface area contributed by atoms with Gasteiger partial charge in [-0.3, -0.25) is 4.79 Å². The second kappa shape index (κ2) is 16.1. The van der Waals surface area contributed by atoms with Crippen LogP contribution in [0.2, 0.25) is 0 Å². The van der Waals surface area contributed by atoms with Crippen LogP contribution in [0.4, 0.5) is 0 Å². The molecule has 0 aromatic rings. The van der Waals surface area contributed by atoms with E-state index < -0.39 is 72.1 Å². The first-order valence-electron chi connectivity index (χ1n) is 18.7. The summed E-state index contributed by atoms with van der Waals surface area (Å²) in [4.78, 5) is 16.2. The summed E-state index contributed by atoms with van der Waals surface area (Å²) in [5.74, 6) is -1.60. The summed E-state index contributed by atoms with van der Waals surface area (Å²) in [5.41, 5.74) is -0.370. The molecule has 4 aliphatic heterocycles. The second-order valence-electron chi connectivity index (χ2n) is 16.2. The Hall–Kier alpha value is -1.31. The number of cyclic esters (lactones) is 1. The predicted molar refractivity (Wildman–Crippen MR) is 185 cm³/mol. The highest BCUT2D eigenvalue weighted by molar-refractivity contribution is 5.73. The lowest BCUT2D eigenvalue weighted by Crippen LogP contribution is -2.59. The average Bonchev–Trinajstić information content (AvgIpc) is 3.37. The molecule has 0 saturated carbocycles. The number of carbonyl (C=O) groups is 1. The molecule has 49 heavy (non-hydrogen) atoms. The highest BCUT2D eigenvalue weighted by atomic mass is 16.7. The van der Waals surface area contributed by atoms with Gasteiger partial charge in [0.1, 0.15) is 29.7 Å². The molecule has 3 unspecified atom stereocenters. The topological polar surface area (TPSA) is 125 Å². The van der Waals surface area contributed by atoms with Crippen molar-refractivity contribution in [3.05, 3.63) is 11.3 Å². The molecule has 284 valence electrons. The van der Waals surface area contributed by atoms with Gasteiger partial charge in [-0.25, -0.2) is 0 Å². The molecule has 11 nitrogen and oxygen atoms in total. The quantitative estimate of drug-likeness (QED) is 0.326. The van der Waals surface area contributed by atoms with Crippen molar-refractivity contribution in [1.29, 1.82) is 0 Å². The minimum Gasteiger partial charge on any atom is -0.489 e. The van der Waals surface area contributed by atoms with Crippen LogP contribution in [-0.2, 0) is 38.0 Å². The first-order chi connectivity index (χ1) is 22.9. The summed E-state index contributed by atoms with van der Waals surface area (Å²) in [6.07, 6.45) is -2.63. The normalized spacial score (nSPS) is 47.2. The Morgan fingerprint density at radius 1 is 0.918 bits per heavy atom. The number of rotatable bonds is 8. The molecule has 0 aromatic heterocycles. The average molecular weight is 698 g/mol. The van der Waals surface area contributed by atoms with Crippen LogP contribution in [-0.4, -0.2) is 114 Å². The number of nitrogens with zero attached hydrogens (tertiary/aromatic N) is 1. The van der Waals surface area contributed by atoms with Gasteiger partial charge < -0.3 is 48.3 Å². The molecule has 0 radical (unpaired) electrons. The number of ether oxygens (including phenoxy) is 7. The molecule has 2 N–H and O–H groups in total. The summed E-state index contributed by atoms with van der Waals surface area (Å²) in [6, 6.07) is -0.163. The molecule has 0 aliphatic carbocycles. The summed E-state index contributed by atoms with van der Waals surface area (Å²) in [7, 11) is 3.70. The van der Waals surface area contributed by atoms with Gasteiger partial charge in [-0.2, -0.15) is 0 Å². The van der Waals surface area contributed by atoms with Gasteiger partial charge in [0.2, 0.25) is 0 Å². The summed E-state index contributed by atoms with van der Waals surface area (Å²) in [6.45, 7) is 22.6. The van der Waals surface area contributed by atoms with Gasteiger partial charge in [-0.1, -0.05) is 34.6 Å². The van der Waals surface area contributed by atoms with Crippen LogP contribution in [0.5, 0.6) is 0 Å². The fourth-order valence-corrected chi connectivity index (χ4v) is 8.88. The van der Waals surface area contributed by atoms with Gasteiger partial charge in [-0.05, 0) is 73.5 Å². The van der Waals surface area contributed by atoms with Crippen molar-refractivity contribution >= 4 is 5.97 Å². The molecule has 0 aromatic carbocycles. The van der Waals surface area contributed by atoms with E-state index in [4.69, 9.17) is 33.2 Å². The molecule has 3 fully saturated rings. The van der Waals surface area contributed by atoms with E-state index in [2.05, 4.69) is 18.7 Å². The Morgan fingerprint density at radius 2 is 1.59 bits per heavy atom. The van der Waals surface area contributed by atoms with Crippen molar-refractivity contribution in [3.63, 3.8) is 0 Å². The van der Waals surface area contributed by atoms with Gasteiger partial charge in [0.15, 0.2) is 12.6 Å². The van der Waals surface area contributed by atoms with Crippen LogP contribution in [0.15, 0.2) is 11.3 Å². The lowest BCUT2D eigenvalue weighted by atomic mass is 9.79. The lowest BCUT2D eigenvalue weighted by Gasteiger charge is -2.48. The summed E-state index contributed by atoms with van der Waals surface area (Å²) in [5, 5.41) is 23.3. The van der Waals surface area contributed by atoms with Crippen LogP contribution in [0.3, 0.4) is 0 Å². The first-order valence-corrected chi connectivity index (χ1v) is 18.7. The van der Waals surface area contributed by atoms with E-state index in [1.807, 2.05) is 69.4 Å². The Kier molecular flexibility index (Phi) is 13.3. The minimum atomic E-state index is -0.950.